The molecule has 1 aromatic rings. The number of rotatable bonds is 3. The van der Waals surface area contributed by atoms with Crippen LogP contribution in [0.3, 0.4) is 0 Å². The fourth-order valence-corrected chi connectivity index (χ4v) is 2.01. The van der Waals surface area contributed by atoms with Crippen LogP contribution < -0.4 is 5.32 Å². The van der Waals surface area contributed by atoms with Crippen molar-refractivity contribution in [2.75, 3.05) is 0 Å². The van der Waals surface area contributed by atoms with Crippen LogP contribution in [0.1, 0.15) is 18.4 Å². The lowest BCUT2D eigenvalue weighted by Crippen LogP contribution is -2.33. The molecule has 18 heavy (non-hydrogen) atoms. The van der Waals surface area contributed by atoms with E-state index in [0.29, 0.717) is 0 Å². The van der Waals surface area contributed by atoms with E-state index in [1.165, 1.54) is 0 Å². The molecule has 5 heteroatoms. The lowest BCUT2D eigenvalue weighted by Gasteiger charge is -2.12. The Labute approximate surface area is 105 Å². The number of alkyl halides is 1. The van der Waals surface area contributed by atoms with E-state index in [1.807, 2.05) is 30.3 Å². The van der Waals surface area contributed by atoms with Crippen LogP contribution in [-0.2, 0) is 11.3 Å². The van der Waals surface area contributed by atoms with E-state index < -0.39 is 18.4 Å². The van der Waals surface area contributed by atoms with Crippen molar-refractivity contribution in [1.29, 1.82) is 0 Å². The molecule has 0 unspecified atom stereocenters. The molecule has 0 heterocycles. The predicted octanol–water partition coefficient (Wildman–Crippen LogP) is 1.77. The van der Waals surface area contributed by atoms with Crippen LogP contribution in [-0.4, -0.2) is 29.5 Å². The molecule has 0 aliphatic heterocycles. The zero-order chi connectivity index (χ0) is 13.0. The van der Waals surface area contributed by atoms with E-state index >= 15 is 0 Å². The predicted molar refractivity (Wildman–Crippen MR) is 63.7 cm³/mol. The molecule has 0 saturated heterocycles. The van der Waals surface area contributed by atoms with Gasteiger partial charge < -0.3 is 15.2 Å². The third-order valence-electron chi connectivity index (χ3n) is 2.99. The Morgan fingerprint density at radius 2 is 2.11 bits per heavy atom. The molecule has 98 valence electrons. The molecule has 0 spiro atoms. The van der Waals surface area contributed by atoms with Gasteiger partial charge >= 0.3 is 6.09 Å². The molecule has 1 aliphatic rings. The first-order valence-electron chi connectivity index (χ1n) is 5.94. The second-order valence-corrected chi connectivity index (χ2v) is 4.46. The highest BCUT2D eigenvalue weighted by atomic mass is 19.1. The van der Waals surface area contributed by atoms with Gasteiger partial charge in [-0.3, -0.25) is 0 Å². The van der Waals surface area contributed by atoms with Gasteiger partial charge in [0, 0.05) is 12.5 Å². The van der Waals surface area contributed by atoms with Crippen molar-refractivity contribution in [2.45, 2.75) is 37.8 Å². The van der Waals surface area contributed by atoms with Crippen molar-refractivity contribution in [2.24, 2.45) is 0 Å². The number of ether oxygens (including phenoxy) is 1. The van der Waals surface area contributed by atoms with Gasteiger partial charge in [-0.15, -0.1) is 0 Å². The number of nitrogens with one attached hydrogen (secondary N) is 1. The molecular weight excluding hydrogens is 237 g/mol. The lowest BCUT2D eigenvalue weighted by atomic mass is 10.2. The zero-order valence-electron chi connectivity index (χ0n) is 9.88. The van der Waals surface area contributed by atoms with Crippen LogP contribution in [0.5, 0.6) is 0 Å². The summed E-state index contributed by atoms with van der Waals surface area (Å²) in [5.74, 6) is 0. The maximum Gasteiger partial charge on any atom is 0.407 e. The summed E-state index contributed by atoms with van der Waals surface area (Å²) in [6, 6.07) is 8.95. The molecule has 3 atom stereocenters. The molecule has 0 bridgehead atoms. The molecule has 1 aliphatic carbocycles. The second kappa shape index (κ2) is 5.82. The fourth-order valence-electron chi connectivity index (χ4n) is 2.01. The van der Waals surface area contributed by atoms with Crippen molar-refractivity contribution < 1.29 is 19.0 Å². The highest BCUT2D eigenvalue weighted by Gasteiger charge is 2.33. The number of aliphatic hydroxyl groups excluding tert-OH is 1. The van der Waals surface area contributed by atoms with E-state index in [4.69, 9.17) is 4.74 Å². The second-order valence-electron chi connectivity index (χ2n) is 4.46. The van der Waals surface area contributed by atoms with Gasteiger partial charge in [-0.25, -0.2) is 9.18 Å². The van der Waals surface area contributed by atoms with Gasteiger partial charge in [0.25, 0.3) is 0 Å². The highest BCUT2D eigenvalue weighted by molar-refractivity contribution is 5.67. The number of carbonyl (C=O) groups excluding carboxylic acids is 1. The summed E-state index contributed by atoms with van der Waals surface area (Å²) in [4.78, 5) is 11.4. The topological polar surface area (TPSA) is 58.6 Å². The molecule has 0 radical (unpaired) electrons. The Bertz CT molecular complexity index is 388. The number of halogens is 1. The van der Waals surface area contributed by atoms with Gasteiger partial charge in [-0.1, -0.05) is 30.3 Å². The summed E-state index contributed by atoms with van der Waals surface area (Å²) in [6.45, 7) is 0.182. The van der Waals surface area contributed by atoms with Gasteiger partial charge in [0.1, 0.15) is 12.8 Å². The summed E-state index contributed by atoms with van der Waals surface area (Å²) in [5.41, 5.74) is 0.891. The number of hydrogen-bond donors (Lipinski definition) is 2. The van der Waals surface area contributed by atoms with E-state index in [2.05, 4.69) is 5.32 Å². The molecule has 1 saturated carbocycles. The Morgan fingerprint density at radius 1 is 1.39 bits per heavy atom. The molecule has 0 aromatic heterocycles. The van der Waals surface area contributed by atoms with Crippen molar-refractivity contribution in [3.05, 3.63) is 35.9 Å². The summed E-state index contributed by atoms with van der Waals surface area (Å²) in [6.07, 6.45) is -2.44. The average Bonchev–Trinajstić information content (AvgIpc) is 2.67. The zero-order valence-corrected chi connectivity index (χ0v) is 9.88. The third kappa shape index (κ3) is 3.43. The van der Waals surface area contributed by atoms with Crippen LogP contribution in [0.25, 0.3) is 0 Å². The van der Waals surface area contributed by atoms with E-state index in [9.17, 15) is 14.3 Å². The normalized spacial score (nSPS) is 26.9. The van der Waals surface area contributed by atoms with Gasteiger partial charge in [0.2, 0.25) is 0 Å². The number of carbonyl (C=O) groups is 1. The molecule has 4 nitrogen and oxygen atoms in total. The summed E-state index contributed by atoms with van der Waals surface area (Å²) >= 11 is 0. The Balaban J connectivity index is 1.73. The SMILES string of the molecule is O=C(N[C@@H]1C[C@H](O)[C@@H](F)C1)OCc1ccccc1. The van der Waals surface area contributed by atoms with Crippen LogP contribution in [0.2, 0.25) is 0 Å². The minimum atomic E-state index is -1.26. The third-order valence-corrected chi connectivity index (χ3v) is 2.99. The van der Waals surface area contributed by atoms with Crippen molar-refractivity contribution in [3.63, 3.8) is 0 Å². The number of aliphatic hydroxyl groups is 1. The minimum absolute atomic E-state index is 0.140. The first kappa shape index (κ1) is 12.8. The largest absolute Gasteiger partial charge is 0.445 e. The fraction of sp³-hybridized carbons (Fsp3) is 0.462. The van der Waals surface area contributed by atoms with Crippen LogP contribution in [0.4, 0.5) is 9.18 Å². The number of benzene rings is 1. The Morgan fingerprint density at radius 3 is 2.72 bits per heavy atom. The Kier molecular flexibility index (Phi) is 4.15. The van der Waals surface area contributed by atoms with Crippen LogP contribution in [0.15, 0.2) is 30.3 Å². The minimum Gasteiger partial charge on any atom is -0.445 e. The van der Waals surface area contributed by atoms with Crippen LogP contribution >= 0.6 is 0 Å². The first-order chi connectivity index (χ1) is 8.65. The molecule has 2 N–H and O–H groups in total. The quantitative estimate of drug-likeness (QED) is 0.863. The van der Waals surface area contributed by atoms with Gasteiger partial charge in [0.15, 0.2) is 0 Å². The van der Waals surface area contributed by atoms with E-state index in [-0.39, 0.29) is 25.5 Å². The maximum absolute atomic E-state index is 13.0. The van der Waals surface area contributed by atoms with E-state index in [0.717, 1.165) is 5.56 Å². The van der Waals surface area contributed by atoms with E-state index in [1.54, 1.807) is 0 Å². The number of hydrogen-bond acceptors (Lipinski definition) is 3. The molecule has 2 rings (SSSR count). The molecular formula is C13H16FNO3. The maximum atomic E-state index is 13.0. The van der Waals surface area contributed by atoms with Crippen molar-refractivity contribution >= 4 is 6.09 Å². The van der Waals surface area contributed by atoms with Crippen molar-refractivity contribution in [1.82, 2.24) is 5.32 Å². The number of amides is 1. The average molecular weight is 253 g/mol. The monoisotopic (exact) mass is 253 g/mol. The molecule has 1 fully saturated rings. The standard InChI is InChI=1S/C13H16FNO3/c14-11-6-10(7-12(11)16)15-13(17)18-8-9-4-2-1-3-5-9/h1-5,10-12,16H,6-8H2,(H,15,17)/t10-,11-,12-/m0/s1. The van der Waals surface area contributed by atoms with Crippen LogP contribution in [0, 0.1) is 0 Å². The molecule has 1 aromatic carbocycles. The van der Waals surface area contributed by atoms with Gasteiger partial charge in [-0.05, 0) is 12.0 Å². The summed E-state index contributed by atoms with van der Waals surface area (Å²) in [7, 11) is 0. The smallest absolute Gasteiger partial charge is 0.407 e. The van der Waals surface area contributed by atoms with Gasteiger partial charge in [-0.2, -0.15) is 0 Å². The van der Waals surface area contributed by atoms with Crippen molar-refractivity contribution in [3.8, 4) is 0 Å². The highest BCUT2D eigenvalue weighted by Crippen LogP contribution is 2.22. The summed E-state index contributed by atoms with van der Waals surface area (Å²) in [5, 5.41) is 11.8. The number of alkyl carbamates (subject to hydrolysis) is 1. The summed E-state index contributed by atoms with van der Waals surface area (Å²) < 4.78 is 18.0. The van der Waals surface area contributed by atoms with Gasteiger partial charge in [0.05, 0.1) is 6.10 Å². The molecule has 1 amide bonds. The lowest BCUT2D eigenvalue weighted by molar-refractivity contribution is 0.103. The Hall–Kier alpha value is -1.62. The first-order valence-corrected chi connectivity index (χ1v) is 5.94.